The zero-order valence-corrected chi connectivity index (χ0v) is 17.9. The van der Waals surface area contributed by atoms with Crippen LogP contribution in [0.2, 0.25) is 5.02 Å². The largest absolute Gasteiger partial charge is 0.493 e. The van der Waals surface area contributed by atoms with Gasteiger partial charge in [0, 0.05) is 43.6 Å². The number of carbonyl (C=O) groups is 1. The predicted octanol–water partition coefficient (Wildman–Crippen LogP) is 3.79. The van der Waals surface area contributed by atoms with Crippen LogP contribution in [-0.2, 0) is 17.8 Å². The second-order valence-corrected chi connectivity index (χ2v) is 8.59. The molecule has 0 aromatic heterocycles. The van der Waals surface area contributed by atoms with Crippen LogP contribution in [0.4, 0.5) is 5.69 Å². The summed E-state index contributed by atoms with van der Waals surface area (Å²) in [4.78, 5) is 17.0. The van der Waals surface area contributed by atoms with Crippen molar-refractivity contribution in [3.05, 3.63) is 57.0 Å². The van der Waals surface area contributed by atoms with Crippen molar-refractivity contribution in [1.29, 1.82) is 0 Å². The summed E-state index contributed by atoms with van der Waals surface area (Å²) in [6.07, 6.45) is 1.01. The lowest BCUT2D eigenvalue weighted by molar-refractivity contribution is -0.117. The molecule has 2 aromatic carbocycles. The van der Waals surface area contributed by atoms with Gasteiger partial charge in [0.15, 0.2) is 0 Å². The molecule has 2 heterocycles. The zero-order chi connectivity index (χ0) is 19.5. The minimum absolute atomic E-state index is 0.0312. The van der Waals surface area contributed by atoms with Crippen molar-refractivity contribution in [2.24, 2.45) is 0 Å². The van der Waals surface area contributed by atoms with E-state index in [4.69, 9.17) is 16.3 Å². The normalized spacial score (nSPS) is 17.2. The minimum atomic E-state index is -0.0312. The smallest absolute Gasteiger partial charge is 0.238 e. The first-order chi connectivity index (χ1) is 13.6. The van der Waals surface area contributed by atoms with Gasteiger partial charge < -0.3 is 10.1 Å². The molecule has 2 aliphatic heterocycles. The number of ether oxygens (including phenoxy) is 1. The first-order valence-corrected chi connectivity index (χ1v) is 10.7. The van der Waals surface area contributed by atoms with E-state index in [1.165, 1.54) is 11.1 Å². The molecule has 28 heavy (non-hydrogen) atoms. The Labute approximate surface area is 178 Å². The second-order valence-electron chi connectivity index (χ2n) is 7.27. The van der Waals surface area contributed by atoms with Crippen molar-refractivity contribution in [2.45, 2.75) is 13.0 Å². The fourth-order valence-corrected chi connectivity index (χ4v) is 4.41. The summed E-state index contributed by atoms with van der Waals surface area (Å²) in [5, 5.41) is 3.44. The molecule has 7 heteroatoms. The zero-order valence-electron chi connectivity index (χ0n) is 15.6. The molecule has 2 aromatic rings. The highest BCUT2D eigenvalue weighted by Gasteiger charge is 2.20. The quantitative estimate of drug-likeness (QED) is 0.731. The highest BCUT2D eigenvalue weighted by atomic mass is 79.9. The topological polar surface area (TPSA) is 44.8 Å². The van der Waals surface area contributed by atoms with Crippen molar-refractivity contribution in [3.8, 4) is 5.75 Å². The Morgan fingerprint density at radius 3 is 2.68 bits per heavy atom. The molecule has 0 saturated carbocycles. The van der Waals surface area contributed by atoms with E-state index in [9.17, 15) is 4.79 Å². The summed E-state index contributed by atoms with van der Waals surface area (Å²) in [7, 11) is 0. The number of halogens is 2. The van der Waals surface area contributed by atoms with Crippen molar-refractivity contribution in [1.82, 2.24) is 9.80 Å². The second kappa shape index (κ2) is 8.82. The van der Waals surface area contributed by atoms with E-state index in [0.29, 0.717) is 17.3 Å². The van der Waals surface area contributed by atoms with Gasteiger partial charge in [0.25, 0.3) is 0 Å². The molecule has 0 atom stereocenters. The van der Waals surface area contributed by atoms with Crippen LogP contribution in [-0.4, -0.2) is 55.0 Å². The van der Waals surface area contributed by atoms with E-state index in [0.717, 1.165) is 56.0 Å². The molecule has 1 fully saturated rings. The van der Waals surface area contributed by atoms with Crippen LogP contribution in [0.5, 0.6) is 5.75 Å². The summed E-state index contributed by atoms with van der Waals surface area (Å²) in [5.74, 6) is 1.00. The number of rotatable bonds is 5. The predicted molar refractivity (Wildman–Crippen MR) is 115 cm³/mol. The number of hydrogen-bond donors (Lipinski definition) is 1. The van der Waals surface area contributed by atoms with Crippen LogP contribution in [0.1, 0.15) is 11.1 Å². The minimum Gasteiger partial charge on any atom is -0.493 e. The standard InChI is InChI=1S/C21H23BrClN3O2/c22-17-2-3-19(18(23)12-17)24-21(27)14-26-8-6-25(7-9-26)13-15-1-4-20-16(11-15)5-10-28-20/h1-4,11-12H,5-10,13-14H2,(H,24,27). The lowest BCUT2D eigenvalue weighted by Crippen LogP contribution is -2.48. The van der Waals surface area contributed by atoms with Crippen LogP contribution in [0.15, 0.2) is 40.9 Å². The lowest BCUT2D eigenvalue weighted by atomic mass is 10.1. The Morgan fingerprint density at radius 2 is 1.89 bits per heavy atom. The van der Waals surface area contributed by atoms with Gasteiger partial charge in [0.2, 0.25) is 5.91 Å². The third-order valence-corrected chi connectivity index (χ3v) is 6.00. The number of amides is 1. The number of nitrogens with zero attached hydrogens (tertiary/aromatic N) is 2. The number of nitrogens with one attached hydrogen (secondary N) is 1. The van der Waals surface area contributed by atoms with Gasteiger partial charge in [-0.05, 0) is 35.4 Å². The van der Waals surface area contributed by atoms with Crippen LogP contribution >= 0.6 is 27.5 Å². The van der Waals surface area contributed by atoms with Crippen LogP contribution in [0.3, 0.4) is 0 Å². The molecule has 148 valence electrons. The molecule has 1 saturated heterocycles. The average Bonchev–Trinajstić information content (AvgIpc) is 3.13. The molecular formula is C21H23BrClN3O2. The molecular weight excluding hydrogens is 442 g/mol. The van der Waals surface area contributed by atoms with E-state index < -0.39 is 0 Å². The molecule has 5 nitrogen and oxygen atoms in total. The molecule has 1 N–H and O–H groups in total. The van der Waals surface area contributed by atoms with Crippen molar-refractivity contribution < 1.29 is 9.53 Å². The summed E-state index contributed by atoms with van der Waals surface area (Å²) >= 11 is 9.54. The Bertz CT molecular complexity index is 869. The maximum Gasteiger partial charge on any atom is 0.238 e. The molecule has 0 aliphatic carbocycles. The van der Waals surface area contributed by atoms with E-state index in [1.54, 1.807) is 6.07 Å². The van der Waals surface area contributed by atoms with Gasteiger partial charge in [-0.3, -0.25) is 14.6 Å². The van der Waals surface area contributed by atoms with Gasteiger partial charge >= 0.3 is 0 Å². The van der Waals surface area contributed by atoms with Crippen LogP contribution < -0.4 is 10.1 Å². The van der Waals surface area contributed by atoms with Gasteiger partial charge in [-0.2, -0.15) is 0 Å². The Hall–Kier alpha value is -1.60. The van der Waals surface area contributed by atoms with Crippen molar-refractivity contribution in [3.63, 3.8) is 0 Å². The van der Waals surface area contributed by atoms with Crippen LogP contribution in [0, 0.1) is 0 Å². The summed E-state index contributed by atoms with van der Waals surface area (Å²) in [5.41, 5.74) is 3.30. The first-order valence-electron chi connectivity index (χ1n) is 9.51. The van der Waals surface area contributed by atoms with E-state index in [-0.39, 0.29) is 5.91 Å². The Morgan fingerprint density at radius 1 is 1.11 bits per heavy atom. The molecule has 0 spiro atoms. The third kappa shape index (κ3) is 4.87. The third-order valence-electron chi connectivity index (χ3n) is 5.20. The number of fused-ring (bicyclic) bond motifs is 1. The fraction of sp³-hybridized carbons (Fsp3) is 0.381. The molecule has 0 bridgehead atoms. The monoisotopic (exact) mass is 463 g/mol. The lowest BCUT2D eigenvalue weighted by Gasteiger charge is -2.34. The van der Waals surface area contributed by atoms with Crippen LogP contribution in [0.25, 0.3) is 0 Å². The summed E-state index contributed by atoms with van der Waals surface area (Å²) < 4.78 is 6.47. The molecule has 4 rings (SSSR count). The van der Waals surface area contributed by atoms with Gasteiger partial charge in [0.1, 0.15) is 5.75 Å². The fourth-order valence-electron chi connectivity index (χ4n) is 3.69. The molecule has 1 amide bonds. The van der Waals surface area contributed by atoms with Crippen molar-refractivity contribution in [2.75, 3.05) is 44.6 Å². The highest BCUT2D eigenvalue weighted by molar-refractivity contribution is 9.10. The first kappa shape index (κ1) is 19.7. The molecule has 0 radical (unpaired) electrons. The van der Waals surface area contributed by atoms with Gasteiger partial charge in [-0.25, -0.2) is 0 Å². The van der Waals surface area contributed by atoms with Gasteiger partial charge in [0.05, 0.1) is 23.9 Å². The number of hydrogen-bond acceptors (Lipinski definition) is 4. The number of benzene rings is 2. The number of carbonyl (C=O) groups excluding carboxylic acids is 1. The number of anilines is 1. The molecule has 0 unspecified atom stereocenters. The Balaban J connectivity index is 1.24. The highest BCUT2D eigenvalue weighted by Crippen LogP contribution is 2.27. The Kier molecular flexibility index (Phi) is 6.21. The van der Waals surface area contributed by atoms with Gasteiger partial charge in [-0.1, -0.05) is 39.7 Å². The number of piperazine rings is 1. The summed E-state index contributed by atoms with van der Waals surface area (Å²) in [6, 6.07) is 12.0. The SMILES string of the molecule is O=C(CN1CCN(Cc2ccc3c(c2)CCO3)CC1)Nc1ccc(Br)cc1Cl. The molecule has 2 aliphatic rings. The maximum atomic E-state index is 12.4. The average molecular weight is 465 g/mol. The van der Waals surface area contributed by atoms with Gasteiger partial charge in [-0.15, -0.1) is 0 Å². The summed E-state index contributed by atoms with van der Waals surface area (Å²) in [6.45, 7) is 5.81. The maximum absolute atomic E-state index is 12.4. The van der Waals surface area contributed by atoms with E-state index in [1.807, 2.05) is 12.1 Å². The van der Waals surface area contributed by atoms with E-state index in [2.05, 4.69) is 49.2 Å². The van der Waals surface area contributed by atoms with Crippen molar-refractivity contribution >= 4 is 39.1 Å². The van der Waals surface area contributed by atoms with E-state index >= 15 is 0 Å².